The molecular formula is C16H15NO5S2. The lowest BCUT2D eigenvalue weighted by atomic mass is 10.2. The van der Waals surface area contributed by atoms with Crippen molar-refractivity contribution < 1.29 is 23.1 Å². The van der Waals surface area contributed by atoms with E-state index in [1.165, 1.54) is 33.9 Å². The number of aryl methyl sites for hydroxylation is 2. The molecule has 8 heteroatoms. The highest BCUT2D eigenvalue weighted by Crippen LogP contribution is 2.31. The van der Waals surface area contributed by atoms with Gasteiger partial charge < -0.3 is 10.4 Å². The number of carboxylic acids is 1. The summed E-state index contributed by atoms with van der Waals surface area (Å²) in [6.07, 6.45) is 4.02. The summed E-state index contributed by atoms with van der Waals surface area (Å²) >= 11 is 1.42. The number of benzene rings is 1. The molecule has 0 unspecified atom stereocenters. The van der Waals surface area contributed by atoms with Gasteiger partial charge >= 0.3 is 5.97 Å². The van der Waals surface area contributed by atoms with E-state index in [0.29, 0.717) is 4.88 Å². The molecule has 1 aromatic carbocycles. The number of carbonyl (C=O) groups is 2. The molecule has 0 radical (unpaired) electrons. The van der Waals surface area contributed by atoms with Crippen molar-refractivity contribution in [2.75, 3.05) is 11.6 Å². The number of amides is 1. The first-order chi connectivity index (χ1) is 11.2. The molecule has 0 bridgehead atoms. The van der Waals surface area contributed by atoms with E-state index in [2.05, 4.69) is 5.32 Å². The molecule has 1 aromatic heterocycles. The van der Waals surface area contributed by atoms with Gasteiger partial charge in [0.1, 0.15) is 0 Å². The minimum atomic E-state index is -3.59. The number of nitrogens with one attached hydrogen (secondary N) is 1. The van der Waals surface area contributed by atoms with Crippen LogP contribution in [0.25, 0.3) is 0 Å². The molecule has 0 saturated heterocycles. The van der Waals surface area contributed by atoms with Crippen LogP contribution in [0.2, 0.25) is 0 Å². The van der Waals surface area contributed by atoms with Gasteiger partial charge in [-0.05, 0) is 49.1 Å². The van der Waals surface area contributed by atoms with Gasteiger partial charge in [-0.25, -0.2) is 13.2 Å². The molecule has 126 valence electrons. The van der Waals surface area contributed by atoms with E-state index in [1.807, 2.05) is 6.07 Å². The first kappa shape index (κ1) is 16.7. The van der Waals surface area contributed by atoms with Gasteiger partial charge in [-0.1, -0.05) is 0 Å². The third-order valence-corrected chi connectivity index (χ3v) is 6.14. The van der Waals surface area contributed by atoms with Crippen LogP contribution in [0.3, 0.4) is 0 Å². The molecule has 1 heterocycles. The van der Waals surface area contributed by atoms with Crippen LogP contribution in [-0.2, 0) is 22.7 Å². The largest absolute Gasteiger partial charge is 0.478 e. The number of sulfone groups is 1. The normalized spacial score (nSPS) is 13.5. The van der Waals surface area contributed by atoms with E-state index >= 15 is 0 Å². The zero-order valence-electron chi connectivity index (χ0n) is 12.8. The van der Waals surface area contributed by atoms with Crippen molar-refractivity contribution in [2.24, 2.45) is 0 Å². The lowest BCUT2D eigenvalue weighted by Gasteiger charge is -2.08. The lowest BCUT2D eigenvalue weighted by Crippen LogP contribution is -2.12. The Hall–Kier alpha value is -2.19. The van der Waals surface area contributed by atoms with E-state index in [4.69, 9.17) is 5.11 Å². The predicted octanol–water partition coefficient (Wildman–Crippen LogP) is 2.59. The monoisotopic (exact) mass is 365 g/mol. The number of carboxylic acid groups (broad SMARTS) is 1. The predicted molar refractivity (Wildman–Crippen MR) is 90.8 cm³/mol. The van der Waals surface area contributed by atoms with Crippen molar-refractivity contribution in [1.82, 2.24) is 0 Å². The highest BCUT2D eigenvalue weighted by Gasteiger charge is 2.20. The molecule has 0 spiro atoms. The summed E-state index contributed by atoms with van der Waals surface area (Å²) in [4.78, 5) is 25.1. The van der Waals surface area contributed by atoms with Crippen molar-refractivity contribution >= 4 is 38.7 Å². The van der Waals surface area contributed by atoms with E-state index in [9.17, 15) is 18.0 Å². The van der Waals surface area contributed by atoms with Gasteiger partial charge in [-0.2, -0.15) is 0 Å². The van der Waals surface area contributed by atoms with Gasteiger partial charge in [-0.3, -0.25) is 4.79 Å². The highest BCUT2D eigenvalue weighted by atomic mass is 32.2. The second kappa shape index (κ2) is 6.03. The molecule has 0 fully saturated rings. The molecule has 0 aliphatic heterocycles. The summed E-state index contributed by atoms with van der Waals surface area (Å²) in [7, 11) is -3.59. The van der Waals surface area contributed by atoms with Crippen LogP contribution in [0, 0.1) is 0 Å². The number of anilines is 1. The number of aromatic carboxylic acids is 1. The molecule has 1 aliphatic carbocycles. The molecule has 3 rings (SSSR count). The minimum Gasteiger partial charge on any atom is -0.478 e. The Morgan fingerprint density at radius 1 is 1.17 bits per heavy atom. The third kappa shape index (κ3) is 3.34. The Balaban J connectivity index is 1.92. The molecule has 0 saturated carbocycles. The zero-order valence-corrected chi connectivity index (χ0v) is 14.5. The van der Waals surface area contributed by atoms with Crippen LogP contribution >= 0.6 is 11.3 Å². The molecule has 6 nitrogen and oxygen atoms in total. The van der Waals surface area contributed by atoms with Crippen LogP contribution in [-0.4, -0.2) is 31.7 Å². The van der Waals surface area contributed by atoms with Gasteiger partial charge in [0.2, 0.25) is 0 Å². The molecule has 0 atom stereocenters. The minimum absolute atomic E-state index is 0.147. The third-order valence-electron chi connectivity index (χ3n) is 3.81. The lowest BCUT2D eigenvalue weighted by molar-refractivity contribution is 0.0696. The Bertz CT molecular complexity index is 922. The van der Waals surface area contributed by atoms with Gasteiger partial charge in [0.25, 0.3) is 5.91 Å². The van der Waals surface area contributed by atoms with Gasteiger partial charge in [0.15, 0.2) is 9.84 Å². The summed E-state index contributed by atoms with van der Waals surface area (Å²) in [6, 6.07) is 5.44. The SMILES string of the molecule is CS(=O)(=O)c1cc(NC(=O)c2cc3c(s2)CCC3)cc(C(=O)O)c1. The molecule has 1 aliphatic rings. The fourth-order valence-electron chi connectivity index (χ4n) is 2.64. The number of hydrogen-bond acceptors (Lipinski definition) is 5. The standard InChI is InChI=1S/C16H15NO5S2/c1-24(21,22)12-6-10(16(19)20)5-11(8-12)17-15(18)14-7-9-3-2-4-13(9)23-14/h5-8H,2-4H2,1H3,(H,17,18)(H,19,20). The second-order valence-corrected chi connectivity index (χ2v) is 8.84. The topological polar surface area (TPSA) is 101 Å². The average Bonchev–Trinajstić information content (AvgIpc) is 3.07. The van der Waals surface area contributed by atoms with E-state index < -0.39 is 15.8 Å². The molecule has 2 aromatic rings. The maximum Gasteiger partial charge on any atom is 0.335 e. The maximum absolute atomic E-state index is 12.4. The summed E-state index contributed by atoms with van der Waals surface area (Å²) < 4.78 is 23.4. The van der Waals surface area contributed by atoms with Crippen LogP contribution in [0.15, 0.2) is 29.2 Å². The molecule has 1 amide bonds. The first-order valence-electron chi connectivity index (χ1n) is 7.25. The zero-order chi connectivity index (χ0) is 17.5. The summed E-state index contributed by atoms with van der Waals surface area (Å²) in [5.74, 6) is -1.62. The van der Waals surface area contributed by atoms with Crippen molar-refractivity contribution in [2.45, 2.75) is 24.2 Å². The summed E-state index contributed by atoms with van der Waals surface area (Å²) in [5.41, 5.74) is 1.14. The van der Waals surface area contributed by atoms with Crippen molar-refractivity contribution in [3.8, 4) is 0 Å². The Morgan fingerprint density at radius 3 is 2.54 bits per heavy atom. The number of thiophene rings is 1. The Morgan fingerprint density at radius 2 is 1.92 bits per heavy atom. The molecule has 2 N–H and O–H groups in total. The van der Waals surface area contributed by atoms with Crippen LogP contribution in [0.5, 0.6) is 0 Å². The summed E-state index contributed by atoms with van der Waals surface area (Å²) in [5, 5.41) is 11.7. The van der Waals surface area contributed by atoms with Crippen LogP contribution in [0.4, 0.5) is 5.69 Å². The Kier molecular flexibility index (Phi) is 4.18. The highest BCUT2D eigenvalue weighted by molar-refractivity contribution is 7.90. The number of carbonyl (C=O) groups excluding carboxylic acids is 1. The summed E-state index contributed by atoms with van der Waals surface area (Å²) in [6.45, 7) is 0. The van der Waals surface area contributed by atoms with Gasteiger partial charge in [0.05, 0.1) is 15.3 Å². The quantitative estimate of drug-likeness (QED) is 0.867. The van der Waals surface area contributed by atoms with Crippen LogP contribution < -0.4 is 5.32 Å². The fraction of sp³-hybridized carbons (Fsp3) is 0.250. The van der Waals surface area contributed by atoms with E-state index in [0.717, 1.165) is 31.6 Å². The molecule has 24 heavy (non-hydrogen) atoms. The average molecular weight is 365 g/mol. The van der Waals surface area contributed by atoms with Crippen molar-refractivity contribution in [3.63, 3.8) is 0 Å². The van der Waals surface area contributed by atoms with Crippen molar-refractivity contribution in [3.05, 3.63) is 45.1 Å². The molecular weight excluding hydrogens is 350 g/mol. The Labute approximate surface area is 143 Å². The second-order valence-electron chi connectivity index (χ2n) is 5.69. The number of rotatable bonds is 4. The maximum atomic E-state index is 12.4. The fourth-order valence-corrected chi connectivity index (χ4v) is 4.47. The number of hydrogen-bond donors (Lipinski definition) is 2. The van der Waals surface area contributed by atoms with E-state index in [-0.39, 0.29) is 22.1 Å². The van der Waals surface area contributed by atoms with Crippen molar-refractivity contribution in [1.29, 1.82) is 0 Å². The first-order valence-corrected chi connectivity index (χ1v) is 9.96. The number of fused-ring (bicyclic) bond motifs is 1. The van der Waals surface area contributed by atoms with Gasteiger partial charge in [0, 0.05) is 16.8 Å². The smallest absolute Gasteiger partial charge is 0.335 e. The van der Waals surface area contributed by atoms with Gasteiger partial charge in [-0.15, -0.1) is 11.3 Å². The van der Waals surface area contributed by atoms with E-state index in [1.54, 1.807) is 0 Å². The van der Waals surface area contributed by atoms with Crippen LogP contribution in [0.1, 0.15) is 36.9 Å².